The van der Waals surface area contributed by atoms with Crippen molar-refractivity contribution in [3.63, 3.8) is 0 Å². The molecule has 1 aliphatic carbocycles. The van der Waals surface area contributed by atoms with E-state index in [0.29, 0.717) is 19.3 Å². The molecule has 1 fully saturated rings. The molecule has 3 amide bonds. The van der Waals surface area contributed by atoms with Crippen molar-refractivity contribution in [1.82, 2.24) is 16.0 Å². The molecule has 0 unspecified atom stereocenters. The first-order valence-corrected chi connectivity index (χ1v) is 9.12. The van der Waals surface area contributed by atoms with Crippen molar-refractivity contribution in [1.29, 1.82) is 0 Å². The van der Waals surface area contributed by atoms with Crippen molar-refractivity contribution in [3.8, 4) is 0 Å². The van der Waals surface area contributed by atoms with Gasteiger partial charge in [-0.3, -0.25) is 14.4 Å². The fourth-order valence-corrected chi connectivity index (χ4v) is 2.74. The van der Waals surface area contributed by atoms with Gasteiger partial charge in [0.05, 0.1) is 25.5 Å². The van der Waals surface area contributed by atoms with E-state index in [1.54, 1.807) is 6.07 Å². The molecule has 0 saturated heterocycles. The van der Waals surface area contributed by atoms with Crippen LogP contribution >= 0.6 is 0 Å². The van der Waals surface area contributed by atoms with E-state index in [4.69, 9.17) is 9.15 Å². The largest absolute Gasteiger partial charge is 0.459 e. The molecular weight excluding hydrogens is 338 g/mol. The Morgan fingerprint density at radius 2 is 1.77 bits per heavy atom. The first kappa shape index (κ1) is 20.0. The lowest BCUT2D eigenvalue weighted by Crippen LogP contribution is -2.42. The van der Waals surface area contributed by atoms with E-state index in [0.717, 1.165) is 19.3 Å². The number of nitrogens with one attached hydrogen (secondary N) is 3. The van der Waals surface area contributed by atoms with Crippen molar-refractivity contribution in [2.24, 2.45) is 0 Å². The molecule has 0 aliphatic heterocycles. The Bertz CT molecular complexity index is 567. The van der Waals surface area contributed by atoms with Gasteiger partial charge in [-0.15, -0.1) is 0 Å². The van der Waals surface area contributed by atoms with Crippen molar-refractivity contribution in [3.05, 3.63) is 24.2 Å². The van der Waals surface area contributed by atoms with E-state index < -0.39 is 11.8 Å². The Balaban J connectivity index is 1.46. The monoisotopic (exact) mass is 365 g/mol. The maximum absolute atomic E-state index is 11.7. The lowest BCUT2D eigenvalue weighted by Gasteiger charge is -2.21. The molecule has 0 atom stereocenters. The standard InChI is InChI=1S/C18H27N3O5/c22-16(19-9-5-11-25-14-6-2-1-3-7-14)12-20-17(23)13-21-18(24)15-8-4-10-26-15/h4,8,10,14H,1-3,5-7,9,11-13H2,(H,19,22)(H,20,23)(H,21,24). The van der Waals surface area contributed by atoms with Gasteiger partial charge in [-0.25, -0.2) is 0 Å². The second-order valence-corrected chi connectivity index (χ2v) is 6.27. The van der Waals surface area contributed by atoms with E-state index in [1.807, 2.05) is 0 Å². The zero-order valence-corrected chi connectivity index (χ0v) is 14.9. The normalized spacial score (nSPS) is 14.6. The summed E-state index contributed by atoms with van der Waals surface area (Å²) in [4.78, 5) is 34.9. The molecule has 0 aromatic carbocycles. The third-order valence-electron chi connectivity index (χ3n) is 4.15. The highest BCUT2D eigenvalue weighted by atomic mass is 16.5. The lowest BCUT2D eigenvalue weighted by molar-refractivity contribution is -0.125. The highest BCUT2D eigenvalue weighted by Gasteiger charge is 2.13. The topological polar surface area (TPSA) is 110 Å². The van der Waals surface area contributed by atoms with Crippen LogP contribution in [-0.2, 0) is 14.3 Å². The fraction of sp³-hybridized carbons (Fsp3) is 0.611. The van der Waals surface area contributed by atoms with Crippen molar-refractivity contribution < 1.29 is 23.5 Å². The van der Waals surface area contributed by atoms with Crippen LogP contribution in [0.15, 0.2) is 22.8 Å². The van der Waals surface area contributed by atoms with Crippen LogP contribution in [0.1, 0.15) is 49.1 Å². The van der Waals surface area contributed by atoms with Crippen molar-refractivity contribution in [2.45, 2.75) is 44.6 Å². The van der Waals surface area contributed by atoms with Crippen LogP contribution < -0.4 is 16.0 Å². The van der Waals surface area contributed by atoms with Gasteiger partial charge in [-0.2, -0.15) is 0 Å². The van der Waals surface area contributed by atoms with Gasteiger partial charge in [0.25, 0.3) is 5.91 Å². The van der Waals surface area contributed by atoms with E-state index >= 15 is 0 Å². The van der Waals surface area contributed by atoms with Crippen LogP contribution in [0.4, 0.5) is 0 Å². The predicted molar refractivity (Wildman–Crippen MR) is 94.5 cm³/mol. The molecule has 1 aromatic heterocycles. The molecule has 1 saturated carbocycles. The summed E-state index contributed by atoms with van der Waals surface area (Å²) in [5, 5.41) is 7.58. The van der Waals surface area contributed by atoms with Gasteiger partial charge in [-0.1, -0.05) is 19.3 Å². The average molecular weight is 365 g/mol. The second kappa shape index (κ2) is 11.3. The maximum atomic E-state index is 11.7. The molecule has 0 radical (unpaired) electrons. The van der Waals surface area contributed by atoms with Crippen LogP contribution in [0.3, 0.4) is 0 Å². The third kappa shape index (κ3) is 7.69. The zero-order valence-electron chi connectivity index (χ0n) is 14.9. The molecule has 8 heteroatoms. The van der Waals surface area contributed by atoms with Crippen molar-refractivity contribution in [2.75, 3.05) is 26.2 Å². The molecule has 3 N–H and O–H groups in total. The minimum atomic E-state index is -0.479. The van der Waals surface area contributed by atoms with Crippen LogP contribution in [0, 0.1) is 0 Å². The minimum absolute atomic E-state index is 0.126. The van der Waals surface area contributed by atoms with Crippen molar-refractivity contribution >= 4 is 17.7 Å². The number of amides is 3. The molecule has 144 valence electrons. The first-order chi connectivity index (χ1) is 12.6. The summed E-state index contributed by atoms with van der Waals surface area (Å²) < 4.78 is 10.7. The highest BCUT2D eigenvalue weighted by Crippen LogP contribution is 2.20. The number of carbonyl (C=O) groups is 3. The Hall–Kier alpha value is -2.35. The van der Waals surface area contributed by atoms with E-state index in [2.05, 4.69) is 16.0 Å². The molecule has 26 heavy (non-hydrogen) atoms. The third-order valence-corrected chi connectivity index (χ3v) is 4.15. The fourth-order valence-electron chi connectivity index (χ4n) is 2.74. The summed E-state index contributed by atoms with van der Waals surface area (Å²) in [5.41, 5.74) is 0. The van der Waals surface area contributed by atoms with E-state index in [1.165, 1.54) is 31.6 Å². The van der Waals surface area contributed by atoms with Gasteiger partial charge in [0, 0.05) is 13.2 Å². The molecule has 2 rings (SSSR count). The Morgan fingerprint density at radius 1 is 1.04 bits per heavy atom. The molecule has 1 heterocycles. The predicted octanol–water partition coefficient (Wildman–Crippen LogP) is 0.981. The number of hydrogen-bond donors (Lipinski definition) is 3. The Kier molecular flexibility index (Phi) is 8.68. The van der Waals surface area contributed by atoms with Crippen LogP contribution in [-0.4, -0.2) is 50.1 Å². The lowest BCUT2D eigenvalue weighted by atomic mass is 9.98. The van der Waals surface area contributed by atoms with Crippen LogP contribution in [0.5, 0.6) is 0 Å². The summed E-state index contributed by atoms with van der Waals surface area (Å²) in [5.74, 6) is -1.06. The number of hydrogen-bond acceptors (Lipinski definition) is 5. The molecule has 0 spiro atoms. The number of ether oxygens (including phenoxy) is 1. The number of rotatable bonds is 10. The summed E-state index contributed by atoms with van der Waals surface area (Å²) in [6.45, 7) is 0.799. The zero-order chi connectivity index (χ0) is 18.6. The van der Waals surface area contributed by atoms with E-state index in [-0.39, 0.29) is 24.8 Å². The van der Waals surface area contributed by atoms with Crippen LogP contribution in [0.25, 0.3) is 0 Å². The smallest absolute Gasteiger partial charge is 0.287 e. The van der Waals surface area contributed by atoms with Gasteiger partial charge in [0.2, 0.25) is 11.8 Å². The first-order valence-electron chi connectivity index (χ1n) is 9.12. The van der Waals surface area contributed by atoms with Gasteiger partial charge in [0.15, 0.2) is 5.76 Å². The molecule has 0 bridgehead atoms. The second-order valence-electron chi connectivity index (χ2n) is 6.27. The summed E-state index contributed by atoms with van der Waals surface area (Å²) in [6, 6.07) is 3.08. The molecular formula is C18H27N3O5. The van der Waals surface area contributed by atoms with Gasteiger partial charge in [-0.05, 0) is 31.4 Å². The van der Waals surface area contributed by atoms with Gasteiger partial charge in [0.1, 0.15) is 0 Å². The maximum Gasteiger partial charge on any atom is 0.287 e. The molecule has 1 aliphatic rings. The molecule has 8 nitrogen and oxygen atoms in total. The van der Waals surface area contributed by atoms with Gasteiger partial charge < -0.3 is 25.1 Å². The van der Waals surface area contributed by atoms with Gasteiger partial charge >= 0.3 is 0 Å². The summed E-state index contributed by atoms with van der Waals surface area (Å²) >= 11 is 0. The Labute approximate surface area is 153 Å². The SMILES string of the molecule is O=C(CNC(=O)CNC(=O)c1ccco1)NCCCOC1CCCCC1. The summed E-state index contributed by atoms with van der Waals surface area (Å²) in [6.07, 6.45) is 8.54. The number of furan rings is 1. The molecule has 1 aromatic rings. The van der Waals surface area contributed by atoms with Crippen LogP contribution in [0.2, 0.25) is 0 Å². The highest BCUT2D eigenvalue weighted by molar-refractivity contribution is 5.94. The quantitative estimate of drug-likeness (QED) is 0.536. The Morgan fingerprint density at radius 3 is 2.50 bits per heavy atom. The van der Waals surface area contributed by atoms with E-state index in [9.17, 15) is 14.4 Å². The minimum Gasteiger partial charge on any atom is -0.459 e. The number of carbonyl (C=O) groups excluding carboxylic acids is 3. The summed E-state index contributed by atoms with van der Waals surface area (Å²) in [7, 11) is 0. The average Bonchev–Trinajstić information content (AvgIpc) is 3.20.